The van der Waals surface area contributed by atoms with Crippen molar-refractivity contribution >= 4 is 39.4 Å². The van der Waals surface area contributed by atoms with Crippen LogP contribution in [0.2, 0.25) is 0 Å². The zero-order valence-corrected chi connectivity index (χ0v) is 18.5. The Hall–Kier alpha value is -2.38. The number of carbonyl (C=O) groups excluding carboxylic acids is 1. The highest BCUT2D eigenvalue weighted by Crippen LogP contribution is 2.36. The van der Waals surface area contributed by atoms with E-state index >= 15 is 0 Å². The van der Waals surface area contributed by atoms with E-state index < -0.39 is 0 Å². The first-order valence-corrected chi connectivity index (χ1v) is 11.1. The zero-order valence-electron chi connectivity index (χ0n) is 16.1. The van der Waals surface area contributed by atoms with Crippen molar-refractivity contribution in [1.82, 2.24) is 9.55 Å². The highest BCUT2D eigenvalue weighted by Gasteiger charge is 2.32. The van der Waals surface area contributed by atoms with E-state index in [0.29, 0.717) is 22.3 Å². The lowest BCUT2D eigenvalue weighted by molar-refractivity contribution is -0.116. The number of nitrogens with one attached hydrogen (secondary N) is 1. The van der Waals surface area contributed by atoms with Gasteiger partial charge in [-0.15, -0.1) is 0 Å². The molecule has 5 nitrogen and oxygen atoms in total. The van der Waals surface area contributed by atoms with Gasteiger partial charge < -0.3 is 9.88 Å². The van der Waals surface area contributed by atoms with Gasteiger partial charge in [-0.3, -0.25) is 9.59 Å². The quantitative estimate of drug-likeness (QED) is 0.447. The summed E-state index contributed by atoms with van der Waals surface area (Å²) in [6.45, 7) is 2.07. The van der Waals surface area contributed by atoms with E-state index in [1.165, 1.54) is 22.9 Å². The summed E-state index contributed by atoms with van der Waals surface area (Å²) in [5.74, 6) is 0.854. The first-order valence-electron chi connectivity index (χ1n) is 9.27. The topological polar surface area (TPSA) is 64.0 Å². The number of aromatic nitrogens is 2. The van der Waals surface area contributed by atoms with E-state index in [1.807, 2.05) is 48.0 Å². The zero-order chi connectivity index (χ0) is 20.5. The fraction of sp³-hybridized carbons (Fsp3) is 0.227. The molecule has 3 aromatic rings. The van der Waals surface area contributed by atoms with Gasteiger partial charge in [-0.2, -0.15) is 4.98 Å². The van der Waals surface area contributed by atoms with Crippen LogP contribution < -0.4 is 10.9 Å². The van der Waals surface area contributed by atoms with E-state index in [1.54, 1.807) is 0 Å². The molecule has 0 saturated heterocycles. The molecule has 0 fully saturated rings. The van der Waals surface area contributed by atoms with E-state index in [2.05, 4.69) is 45.3 Å². The molecule has 29 heavy (non-hydrogen) atoms. The summed E-state index contributed by atoms with van der Waals surface area (Å²) >= 11 is 4.93. The highest BCUT2D eigenvalue weighted by molar-refractivity contribution is 9.10. The van der Waals surface area contributed by atoms with Crippen LogP contribution in [0.5, 0.6) is 0 Å². The summed E-state index contributed by atoms with van der Waals surface area (Å²) in [7, 11) is 1.84. The summed E-state index contributed by atoms with van der Waals surface area (Å²) in [6, 6.07) is 15.9. The molecule has 1 N–H and O–H groups in total. The second-order valence-electron chi connectivity index (χ2n) is 7.09. The largest absolute Gasteiger partial charge is 0.312 e. The number of hydrogen-bond acceptors (Lipinski definition) is 4. The summed E-state index contributed by atoms with van der Waals surface area (Å²) in [5, 5.41) is 3.48. The van der Waals surface area contributed by atoms with Crippen LogP contribution in [-0.4, -0.2) is 15.5 Å². The molecule has 0 saturated carbocycles. The number of thioether (sulfide) groups is 1. The first kappa shape index (κ1) is 19.9. The minimum Gasteiger partial charge on any atom is -0.312 e. The summed E-state index contributed by atoms with van der Waals surface area (Å²) in [5.41, 5.74) is 3.60. The van der Waals surface area contributed by atoms with Gasteiger partial charge in [0.05, 0.1) is 5.56 Å². The maximum atomic E-state index is 13.0. The van der Waals surface area contributed by atoms with Gasteiger partial charge >= 0.3 is 0 Å². The molecule has 7 heteroatoms. The number of halogens is 1. The third-order valence-corrected chi connectivity index (χ3v) is 6.80. The van der Waals surface area contributed by atoms with Crippen molar-refractivity contribution in [3.8, 4) is 0 Å². The highest BCUT2D eigenvalue weighted by atomic mass is 79.9. The molecule has 148 valence electrons. The smallest absolute Gasteiger partial charge is 0.279 e. The summed E-state index contributed by atoms with van der Waals surface area (Å²) in [4.78, 5) is 29.7. The Balaban J connectivity index is 1.72. The summed E-state index contributed by atoms with van der Waals surface area (Å²) < 4.78 is 2.78. The average molecular weight is 470 g/mol. The first-order chi connectivity index (χ1) is 13.9. The average Bonchev–Trinajstić information content (AvgIpc) is 2.70. The van der Waals surface area contributed by atoms with E-state index in [-0.39, 0.29) is 23.8 Å². The van der Waals surface area contributed by atoms with Gasteiger partial charge in [0.2, 0.25) is 5.91 Å². The number of benzene rings is 2. The molecule has 0 bridgehead atoms. The molecule has 0 aliphatic carbocycles. The normalized spacial score (nSPS) is 15.7. The maximum absolute atomic E-state index is 13.0. The Labute approximate surface area is 181 Å². The van der Waals surface area contributed by atoms with Crippen LogP contribution in [0.3, 0.4) is 0 Å². The van der Waals surface area contributed by atoms with Crippen molar-refractivity contribution in [1.29, 1.82) is 0 Å². The van der Waals surface area contributed by atoms with Crippen LogP contribution in [0.4, 0.5) is 5.82 Å². The van der Waals surface area contributed by atoms with E-state index in [9.17, 15) is 9.59 Å². The van der Waals surface area contributed by atoms with Gasteiger partial charge in [0.1, 0.15) is 5.82 Å². The number of anilines is 1. The molecule has 1 unspecified atom stereocenters. The molecule has 0 radical (unpaired) electrons. The van der Waals surface area contributed by atoms with Gasteiger partial charge in [-0.25, -0.2) is 0 Å². The molecule has 2 heterocycles. The lowest BCUT2D eigenvalue weighted by atomic mass is 9.87. The van der Waals surface area contributed by atoms with E-state index in [4.69, 9.17) is 0 Å². The third-order valence-electron chi connectivity index (χ3n) is 5.19. The van der Waals surface area contributed by atoms with Gasteiger partial charge in [-0.1, -0.05) is 64.1 Å². The molecule has 1 atom stereocenters. The predicted octanol–water partition coefficient (Wildman–Crippen LogP) is 4.62. The van der Waals surface area contributed by atoms with Crippen LogP contribution in [0.15, 0.2) is 63.0 Å². The minimum absolute atomic E-state index is 0.0959. The second-order valence-corrected chi connectivity index (χ2v) is 8.95. The van der Waals surface area contributed by atoms with Gasteiger partial charge in [0.15, 0.2) is 5.16 Å². The number of carbonyl (C=O) groups is 1. The third kappa shape index (κ3) is 4.02. The standard InChI is InChI=1S/C22H20BrN3O2S/c1-13-5-3-4-6-15(13)12-29-22-25-21(28)19-17(14-7-9-16(23)10-8-14)11-18(27)24-20(19)26(22)2/h3-10,17H,11-12H2,1-2H3,(H,24,27). The Morgan fingerprint density at radius 2 is 1.90 bits per heavy atom. The van der Waals surface area contributed by atoms with Gasteiger partial charge in [-0.05, 0) is 35.7 Å². The predicted molar refractivity (Wildman–Crippen MR) is 119 cm³/mol. The van der Waals surface area contributed by atoms with Gasteiger partial charge in [0, 0.05) is 29.6 Å². The number of hydrogen-bond donors (Lipinski definition) is 1. The van der Waals surface area contributed by atoms with Crippen molar-refractivity contribution < 1.29 is 4.79 Å². The molecule has 4 rings (SSSR count). The fourth-order valence-corrected chi connectivity index (χ4v) is 4.86. The van der Waals surface area contributed by atoms with Crippen LogP contribution >= 0.6 is 27.7 Å². The van der Waals surface area contributed by atoms with Crippen molar-refractivity contribution in [2.45, 2.75) is 30.2 Å². The number of rotatable bonds is 4. The van der Waals surface area contributed by atoms with Crippen molar-refractivity contribution in [2.75, 3.05) is 5.32 Å². The molecule has 2 aromatic carbocycles. The number of nitrogens with zero attached hydrogens (tertiary/aromatic N) is 2. The lowest BCUT2D eigenvalue weighted by Crippen LogP contribution is -2.33. The van der Waals surface area contributed by atoms with Crippen LogP contribution in [0.1, 0.15) is 34.6 Å². The van der Waals surface area contributed by atoms with Gasteiger partial charge in [0.25, 0.3) is 5.56 Å². The molecule has 1 amide bonds. The lowest BCUT2D eigenvalue weighted by Gasteiger charge is -2.27. The Morgan fingerprint density at radius 1 is 1.17 bits per heavy atom. The van der Waals surface area contributed by atoms with Crippen LogP contribution in [0.25, 0.3) is 0 Å². The van der Waals surface area contributed by atoms with Crippen molar-refractivity contribution in [3.63, 3.8) is 0 Å². The Kier molecular flexibility index (Phi) is 5.61. The van der Waals surface area contributed by atoms with Crippen molar-refractivity contribution in [3.05, 3.63) is 85.6 Å². The maximum Gasteiger partial charge on any atom is 0.279 e. The van der Waals surface area contributed by atoms with E-state index in [0.717, 1.165) is 10.0 Å². The second kappa shape index (κ2) is 8.16. The molecular formula is C22H20BrN3O2S. The van der Waals surface area contributed by atoms with Crippen LogP contribution in [-0.2, 0) is 17.6 Å². The molecule has 0 spiro atoms. The minimum atomic E-state index is -0.298. The molecule has 1 aliphatic heterocycles. The molecular weight excluding hydrogens is 450 g/mol. The number of aryl methyl sites for hydroxylation is 1. The molecule has 1 aliphatic rings. The summed E-state index contributed by atoms with van der Waals surface area (Å²) in [6.07, 6.45) is 0.237. The van der Waals surface area contributed by atoms with Crippen LogP contribution in [0, 0.1) is 6.92 Å². The SMILES string of the molecule is Cc1ccccc1CSc1nc(=O)c2c(n1C)NC(=O)CC2c1ccc(Br)cc1. The Bertz CT molecular complexity index is 1140. The number of amides is 1. The molecule has 1 aromatic heterocycles. The number of fused-ring (bicyclic) bond motifs is 1. The monoisotopic (exact) mass is 469 g/mol. The Morgan fingerprint density at radius 3 is 2.62 bits per heavy atom. The fourth-order valence-electron chi connectivity index (χ4n) is 3.56. The van der Waals surface area contributed by atoms with Crippen molar-refractivity contribution in [2.24, 2.45) is 7.05 Å².